The van der Waals surface area contributed by atoms with Gasteiger partial charge in [0.15, 0.2) is 0 Å². The highest BCUT2D eigenvalue weighted by Gasteiger charge is 2.13. The number of thioether (sulfide) groups is 1. The number of benzene rings is 1. The van der Waals surface area contributed by atoms with Crippen molar-refractivity contribution in [2.24, 2.45) is 0 Å². The van der Waals surface area contributed by atoms with Gasteiger partial charge in [-0.2, -0.15) is 0 Å². The lowest BCUT2D eigenvalue weighted by atomic mass is 10.1. The van der Waals surface area contributed by atoms with E-state index in [1.165, 1.54) is 21.6 Å². The highest BCUT2D eigenvalue weighted by atomic mass is 32.2. The van der Waals surface area contributed by atoms with E-state index < -0.39 is 0 Å². The molecule has 0 aliphatic heterocycles. The maximum Gasteiger partial charge on any atom is 0.0433 e. The summed E-state index contributed by atoms with van der Waals surface area (Å²) in [7, 11) is 0. The molecule has 0 saturated carbocycles. The molecule has 2 nitrogen and oxygen atoms in total. The first-order valence-corrected chi connectivity index (χ1v) is 8.02. The van der Waals surface area contributed by atoms with E-state index in [0.29, 0.717) is 6.04 Å². The van der Waals surface area contributed by atoms with Gasteiger partial charge in [-0.1, -0.05) is 24.6 Å². The molecule has 0 spiro atoms. The number of rotatable bonds is 6. The van der Waals surface area contributed by atoms with Gasteiger partial charge in [-0.25, -0.2) is 0 Å². The smallest absolute Gasteiger partial charge is 0.0433 e. The zero-order valence-corrected chi connectivity index (χ0v) is 13.2. The Balaban J connectivity index is 2.06. The van der Waals surface area contributed by atoms with Gasteiger partial charge in [0.1, 0.15) is 0 Å². The van der Waals surface area contributed by atoms with Gasteiger partial charge in [0.25, 0.3) is 0 Å². The van der Waals surface area contributed by atoms with E-state index >= 15 is 0 Å². The van der Waals surface area contributed by atoms with Gasteiger partial charge < -0.3 is 5.32 Å². The van der Waals surface area contributed by atoms with Gasteiger partial charge in [-0.3, -0.25) is 4.98 Å². The first-order valence-electron chi connectivity index (χ1n) is 7.04. The van der Waals surface area contributed by atoms with Crippen molar-refractivity contribution in [3.8, 4) is 0 Å². The molecular formula is C17H22N2S. The van der Waals surface area contributed by atoms with Crippen LogP contribution in [0.3, 0.4) is 0 Å². The average molecular weight is 286 g/mol. The summed E-state index contributed by atoms with van der Waals surface area (Å²) >= 11 is 1.89. The summed E-state index contributed by atoms with van der Waals surface area (Å²) in [5, 5.41) is 3.56. The first-order chi connectivity index (χ1) is 9.70. The summed E-state index contributed by atoms with van der Waals surface area (Å²) in [5.41, 5.74) is 3.91. The number of aryl methyl sites for hydroxylation is 2. The van der Waals surface area contributed by atoms with Crippen LogP contribution < -0.4 is 5.32 Å². The van der Waals surface area contributed by atoms with Gasteiger partial charge in [-0.15, -0.1) is 11.8 Å². The van der Waals surface area contributed by atoms with Crippen LogP contribution in [0, 0.1) is 13.8 Å². The minimum Gasteiger partial charge on any atom is -0.309 e. The molecule has 20 heavy (non-hydrogen) atoms. The van der Waals surface area contributed by atoms with E-state index in [9.17, 15) is 0 Å². The molecule has 0 radical (unpaired) electrons. The van der Waals surface area contributed by atoms with Crippen molar-refractivity contribution >= 4 is 11.8 Å². The molecule has 2 rings (SSSR count). The van der Waals surface area contributed by atoms with Crippen molar-refractivity contribution in [3.05, 3.63) is 59.4 Å². The molecule has 3 heteroatoms. The summed E-state index contributed by atoms with van der Waals surface area (Å²) in [6, 6.07) is 11.1. The van der Waals surface area contributed by atoms with Crippen LogP contribution in [0.25, 0.3) is 0 Å². The molecule has 0 aliphatic rings. The molecule has 1 N–H and O–H groups in total. The van der Waals surface area contributed by atoms with E-state index in [0.717, 1.165) is 12.3 Å². The van der Waals surface area contributed by atoms with Crippen molar-refractivity contribution in [3.63, 3.8) is 0 Å². The third kappa shape index (κ3) is 4.09. The summed E-state index contributed by atoms with van der Waals surface area (Å²) in [5.74, 6) is 1.02. The monoisotopic (exact) mass is 286 g/mol. The maximum atomic E-state index is 4.27. The van der Waals surface area contributed by atoms with Crippen LogP contribution in [0.1, 0.15) is 29.7 Å². The standard InChI is InChI=1S/C17H22N2S/c1-4-19-17(16-11-18-10-9-14(16)3)12-20-15-7-5-13(2)6-8-15/h5-11,17,19H,4,12H2,1-3H3. The highest BCUT2D eigenvalue weighted by Crippen LogP contribution is 2.26. The van der Waals surface area contributed by atoms with Gasteiger partial charge in [0, 0.05) is 29.1 Å². The normalized spacial score (nSPS) is 12.3. The Morgan fingerprint density at radius 2 is 1.90 bits per heavy atom. The van der Waals surface area contributed by atoms with Crippen LogP contribution in [-0.4, -0.2) is 17.3 Å². The van der Waals surface area contributed by atoms with Gasteiger partial charge in [0.05, 0.1) is 0 Å². The third-order valence-corrected chi connectivity index (χ3v) is 4.45. The summed E-state index contributed by atoms with van der Waals surface area (Å²) in [6.07, 6.45) is 3.84. The quantitative estimate of drug-likeness (QED) is 0.808. The molecule has 0 bridgehead atoms. The lowest BCUT2D eigenvalue weighted by molar-refractivity contribution is 0.601. The van der Waals surface area contributed by atoms with Gasteiger partial charge in [0.2, 0.25) is 0 Å². The summed E-state index contributed by atoms with van der Waals surface area (Å²) < 4.78 is 0. The van der Waals surface area contributed by atoms with Crippen LogP contribution in [0.15, 0.2) is 47.6 Å². The Labute approximate surface area is 126 Å². The molecular weight excluding hydrogens is 264 g/mol. The van der Waals surface area contributed by atoms with E-state index in [1.807, 2.05) is 24.2 Å². The highest BCUT2D eigenvalue weighted by molar-refractivity contribution is 7.99. The number of nitrogens with one attached hydrogen (secondary N) is 1. The Morgan fingerprint density at radius 1 is 1.15 bits per heavy atom. The van der Waals surface area contributed by atoms with Crippen molar-refractivity contribution in [2.45, 2.75) is 31.7 Å². The molecule has 1 unspecified atom stereocenters. The Hall–Kier alpha value is -1.32. The number of pyridine rings is 1. The topological polar surface area (TPSA) is 24.9 Å². The van der Waals surface area contributed by atoms with Crippen molar-refractivity contribution in [2.75, 3.05) is 12.3 Å². The Morgan fingerprint density at radius 3 is 2.55 bits per heavy atom. The van der Waals surface area contributed by atoms with Crippen LogP contribution >= 0.6 is 11.8 Å². The minimum atomic E-state index is 0.347. The molecule has 1 heterocycles. The molecule has 0 aliphatic carbocycles. The third-order valence-electron chi connectivity index (χ3n) is 3.34. The Kier molecular flexibility index (Phi) is 5.62. The van der Waals surface area contributed by atoms with Crippen LogP contribution in [0.2, 0.25) is 0 Å². The second-order valence-electron chi connectivity index (χ2n) is 4.97. The fraction of sp³-hybridized carbons (Fsp3) is 0.353. The summed E-state index contributed by atoms with van der Waals surface area (Å²) in [6.45, 7) is 7.38. The zero-order valence-electron chi connectivity index (χ0n) is 12.4. The van der Waals surface area contributed by atoms with E-state index in [1.54, 1.807) is 0 Å². The molecule has 0 fully saturated rings. The molecule has 1 atom stereocenters. The molecule has 106 valence electrons. The predicted octanol–water partition coefficient (Wildman–Crippen LogP) is 4.14. The molecule has 1 aromatic carbocycles. The van der Waals surface area contributed by atoms with E-state index in [2.05, 4.69) is 61.4 Å². The van der Waals surface area contributed by atoms with Crippen molar-refractivity contribution in [1.82, 2.24) is 10.3 Å². The van der Waals surface area contributed by atoms with Gasteiger partial charge >= 0.3 is 0 Å². The number of nitrogens with zero attached hydrogens (tertiary/aromatic N) is 1. The average Bonchev–Trinajstić information content (AvgIpc) is 2.46. The molecule has 1 aromatic heterocycles. The molecule has 0 amide bonds. The van der Waals surface area contributed by atoms with Crippen molar-refractivity contribution < 1.29 is 0 Å². The lowest BCUT2D eigenvalue weighted by Gasteiger charge is -2.19. The number of aromatic nitrogens is 1. The Bertz CT molecular complexity index is 537. The van der Waals surface area contributed by atoms with Crippen LogP contribution in [-0.2, 0) is 0 Å². The number of hydrogen-bond donors (Lipinski definition) is 1. The van der Waals surface area contributed by atoms with Gasteiger partial charge in [-0.05, 0) is 49.7 Å². The van der Waals surface area contributed by atoms with Crippen LogP contribution in [0.5, 0.6) is 0 Å². The van der Waals surface area contributed by atoms with Crippen molar-refractivity contribution in [1.29, 1.82) is 0 Å². The molecule has 2 aromatic rings. The first kappa shape index (κ1) is 15.1. The van der Waals surface area contributed by atoms with E-state index in [4.69, 9.17) is 0 Å². The second-order valence-corrected chi connectivity index (χ2v) is 6.06. The number of hydrogen-bond acceptors (Lipinski definition) is 3. The van der Waals surface area contributed by atoms with E-state index in [-0.39, 0.29) is 0 Å². The maximum absolute atomic E-state index is 4.27. The fourth-order valence-electron chi connectivity index (χ4n) is 2.16. The predicted molar refractivity (Wildman–Crippen MR) is 87.3 cm³/mol. The largest absolute Gasteiger partial charge is 0.309 e. The molecule has 0 saturated heterocycles. The minimum absolute atomic E-state index is 0.347. The summed E-state index contributed by atoms with van der Waals surface area (Å²) in [4.78, 5) is 5.59. The lowest BCUT2D eigenvalue weighted by Crippen LogP contribution is -2.23. The zero-order chi connectivity index (χ0) is 14.4. The SMILES string of the molecule is CCNC(CSc1ccc(C)cc1)c1cnccc1C. The van der Waals surface area contributed by atoms with Crippen LogP contribution in [0.4, 0.5) is 0 Å². The fourth-order valence-corrected chi connectivity index (χ4v) is 3.15. The second kappa shape index (κ2) is 7.46.